The molecule has 26 heavy (non-hydrogen) atoms. The van der Waals surface area contributed by atoms with Crippen LogP contribution in [0, 0.1) is 5.41 Å². The van der Waals surface area contributed by atoms with Gasteiger partial charge < -0.3 is 15.4 Å². The monoisotopic (exact) mass is 476 g/mol. The molecule has 0 aromatic carbocycles. The second-order valence-corrected chi connectivity index (χ2v) is 8.60. The Bertz CT molecular complexity index is 490. The van der Waals surface area contributed by atoms with Gasteiger partial charge in [0.15, 0.2) is 5.96 Å². The fourth-order valence-corrected chi connectivity index (χ4v) is 5.68. The summed E-state index contributed by atoms with van der Waals surface area (Å²) >= 11 is 0. The van der Waals surface area contributed by atoms with E-state index in [1.807, 2.05) is 7.05 Å². The van der Waals surface area contributed by atoms with Gasteiger partial charge in [-0.25, -0.2) is 0 Å². The van der Waals surface area contributed by atoms with Crippen LogP contribution in [0.5, 0.6) is 0 Å². The minimum Gasteiger partial charge on any atom is -0.378 e. The first-order valence-corrected chi connectivity index (χ1v) is 10.6. The number of hydrogen-bond acceptors (Lipinski definition) is 3. The third kappa shape index (κ3) is 3.88. The molecular weight excluding hydrogens is 439 g/mol. The molecule has 0 bridgehead atoms. The van der Waals surface area contributed by atoms with E-state index in [-0.39, 0.29) is 24.0 Å². The molecule has 2 N–H and O–H groups in total. The van der Waals surface area contributed by atoms with Crippen LogP contribution in [-0.4, -0.2) is 61.8 Å². The Balaban J connectivity index is 0.00000196. The van der Waals surface area contributed by atoms with Crippen molar-refractivity contribution in [3.05, 3.63) is 0 Å². The summed E-state index contributed by atoms with van der Waals surface area (Å²) < 4.78 is 5.98. The number of guanidine groups is 1. The number of hydrogen-bond donors (Lipinski definition) is 2. The molecule has 1 saturated heterocycles. The van der Waals surface area contributed by atoms with E-state index in [4.69, 9.17) is 4.74 Å². The van der Waals surface area contributed by atoms with E-state index >= 15 is 0 Å². The molecule has 0 aromatic heterocycles. The Morgan fingerprint density at radius 3 is 2.54 bits per heavy atom. The van der Waals surface area contributed by atoms with Crippen molar-refractivity contribution in [3.63, 3.8) is 0 Å². The van der Waals surface area contributed by atoms with Crippen LogP contribution in [-0.2, 0) is 4.74 Å². The number of nitrogens with one attached hydrogen (secondary N) is 2. The smallest absolute Gasteiger partial charge is 0.191 e. The molecule has 0 aromatic rings. The highest BCUT2D eigenvalue weighted by atomic mass is 127. The van der Waals surface area contributed by atoms with Crippen LogP contribution in [0.4, 0.5) is 0 Å². The second kappa shape index (κ2) is 8.95. The Kier molecular flexibility index (Phi) is 7.11. The first-order chi connectivity index (χ1) is 12.2. The first-order valence-electron chi connectivity index (χ1n) is 10.6. The summed E-state index contributed by atoms with van der Waals surface area (Å²) in [5.41, 5.74) is 0.388. The Morgan fingerprint density at radius 1 is 1.15 bits per heavy atom. The van der Waals surface area contributed by atoms with Crippen molar-refractivity contribution in [1.82, 2.24) is 15.5 Å². The van der Waals surface area contributed by atoms with Crippen LogP contribution in [0.15, 0.2) is 4.99 Å². The predicted molar refractivity (Wildman–Crippen MR) is 117 cm³/mol. The van der Waals surface area contributed by atoms with Gasteiger partial charge >= 0.3 is 0 Å². The van der Waals surface area contributed by atoms with Crippen LogP contribution in [0.3, 0.4) is 0 Å². The zero-order valence-corrected chi connectivity index (χ0v) is 18.8. The first kappa shape index (κ1) is 20.6. The third-order valence-corrected chi connectivity index (χ3v) is 7.37. The van der Waals surface area contributed by atoms with E-state index in [0.29, 0.717) is 23.6 Å². The molecule has 5 nitrogen and oxygen atoms in total. The summed E-state index contributed by atoms with van der Waals surface area (Å²) in [7, 11) is 1.91. The Labute approximate surface area is 176 Å². The van der Waals surface area contributed by atoms with Crippen LogP contribution in [0.2, 0.25) is 0 Å². The molecule has 3 saturated carbocycles. The summed E-state index contributed by atoms with van der Waals surface area (Å²) in [5, 5.41) is 7.44. The van der Waals surface area contributed by atoms with Crippen LogP contribution in [0.1, 0.15) is 64.7 Å². The van der Waals surface area contributed by atoms with Crippen molar-refractivity contribution in [2.45, 2.75) is 88.9 Å². The van der Waals surface area contributed by atoms with Gasteiger partial charge in [-0.15, -0.1) is 24.0 Å². The maximum atomic E-state index is 5.98. The lowest BCUT2D eigenvalue weighted by Gasteiger charge is -2.61. The average Bonchev–Trinajstić information content (AvgIpc) is 3.22. The summed E-state index contributed by atoms with van der Waals surface area (Å²) in [6.45, 7) is 5.39. The van der Waals surface area contributed by atoms with E-state index in [2.05, 4.69) is 27.4 Å². The van der Waals surface area contributed by atoms with Gasteiger partial charge in [0.2, 0.25) is 0 Å². The molecule has 4 aliphatic rings. The number of aliphatic imine (C=N–C) groups is 1. The number of halogens is 1. The molecule has 1 heterocycles. The standard InChI is InChI=1S/C20H36N4O.HI/c1-3-25-18-13-17(20(18)10-6-11-20)23-19(21-2)22-15-9-12-24(14-15)16-7-4-5-8-16;/h15-18H,3-14H2,1-2H3,(H2,21,22,23);1H. The van der Waals surface area contributed by atoms with Gasteiger partial charge in [-0.2, -0.15) is 0 Å². The molecule has 0 amide bonds. The lowest BCUT2D eigenvalue weighted by atomic mass is 9.51. The molecule has 6 heteroatoms. The van der Waals surface area contributed by atoms with E-state index in [1.165, 1.54) is 64.5 Å². The molecule has 4 fully saturated rings. The van der Waals surface area contributed by atoms with Crippen molar-refractivity contribution < 1.29 is 4.74 Å². The molecule has 3 aliphatic carbocycles. The largest absolute Gasteiger partial charge is 0.378 e. The fourth-order valence-electron chi connectivity index (χ4n) is 5.68. The minimum absolute atomic E-state index is 0. The normalized spacial score (nSPS) is 34.2. The summed E-state index contributed by atoms with van der Waals surface area (Å²) in [6.07, 6.45) is 12.5. The maximum Gasteiger partial charge on any atom is 0.191 e. The number of nitrogens with zero attached hydrogens (tertiary/aromatic N) is 2. The van der Waals surface area contributed by atoms with Crippen LogP contribution >= 0.6 is 24.0 Å². The zero-order valence-electron chi connectivity index (χ0n) is 16.5. The fraction of sp³-hybridized carbons (Fsp3) is 0.950. The Morgan fingerprint density at radius 2 is 1.92 bits per heavy atom. The van der Waals surface area contributed by atoms with E-state index in [1.54, 1.807) is 0 Å². The molecule has 4 rings (SSSR count). The van der Waals surface area contributed by atoms with Gasteiger partial charge in [0, 0.05) is 50.3 Å². The maximum absolute atomic E-state index is 5.98. The van der Waals surface area contributed by atoms with Gasteiger partial charge in [-0.05, 0) is 45.4 Å². The zero-order chi connectivity index (χ0) is 17.3. The summed E-state index contributed by atoms with van der Waals surface area (Å²) in [5.74, 6) is 1.00. The van der Waals surface area contributed by atoms with Crippen molar-refractivity contribution in [1.29, 1.82) is 0 Å². The lowest BCUT2D eigenvalue weighted by Crippen LogP contribution is -2.69. The Hall–Kier alpha value is -0.0800. The van der Waals surface area contributed by atoms with Crippen molar-refractivity contribution in [3.8, 4) is 0 Å². The SMILES string of the molecule is CCOC1CC(NC(=NC)NC2CCN(C3CCCC3)C2)C12CCC2.I. The summed E-state index contributed by atoms with van der Waals surface area (Å²) in [6, 6.07) is 1.93. The lowest BCUT2D eigenvalue weighted by molar-refractivity contribution is -0.168. The van der Waals surface area contributed by atoms with Crippen LogP contribution < -0.4 is 10.6 Å². The summed E-state index contributed by atoms with van der Waals surface area (Å²) in [4.78, 5) is 7.23. The average molecular weight is 476 g/mol. The van der Waals surface area contributed by atoms with Gasteiger partial charge in [-0.1, -0.05) is 19.3 Å². The highest BCUT2D eigenvalue weighted by Gasteiger charge is 2.59. The number of likely N-dealkylation sites (tertiary alicyclic amines) is 1. The number of rotatable bonds is 5. The van der Waals surface area contributed by atoms with Crippen molar-refractivity contribution in [2.24, 2.45) is 10.4 Å². The topological polar surface area (TPSA) is 48.9 Å². The molecule has 1 aliphatic heterocycles. The van der Waals surface area contributed by atoms with Crippen molar-refractivity contribution in [2.75, 3.05) is 26.7 Å². The molecule has 1 spiro atoms. The van der Waals surface area contributed by atoms with Crippen molar-refractivity contribution >= 4 is 29.9 Å². The highest BCUT2D eigenvalue weighted by Crippen LogP contribution is 2.57. The van der Waals surface area contributed by atoms with Gasteiger partial charge in [0.25, 0.3) is 0 Å². The van der Waals surface area contributed by atoms with Crippen LogP contribution in [0.25, 0.3) is 0 Å². The molecule has 0 radical (unpaired) electrons. The number of ether oxygens (including phenoxy) is 1. The van der Waals surface area contributed by atoms with E-state index in [0.717, 1.165) is 25.0 Å². The third-order valence-electron chi connectivity index (χ3n) is 7.37. The van der Waals surface area contributed by atoms with Gasteiger partial charge in [0.05, 0.1) is 6.10 Å². The van der Waals surface area contributed by atoms with E-state index in [9.17, 15) is 0 Å². The molecule has 3 unspecified atom stereocenters. The molecule has 3 atom stereocenters. The van der Waals surface area contributed by atoms with Gasteiger partial charge in [0.1, 0.15) is 0 Å². The van der Waals surface area contributed by atoms with E-state index < -0.39 is 0 Å². The highest BCUT2D eigenvalue weighted by molar-refractivity contribution is 14.0. The van der Waals surface area contributed by atoms with Gasteiger partial charge in [-0.3, -0.25) is 9.89 Å². The molecule has 150 valence electrons. The predicted octanol–water partition coefficient (Wildman–Crippen LogP) is 3.13. The quantitative estimate of drug-likeness (QED) is 0.364. The minimum atomic E-state index is 0. The molecular formula is C20H37IN4O. The second-order valence-electron chi connectivity index (χ2n) is 8.60.